The van der Waals surface area contributed by atoms with E-state index in [1.165, 1.54) is 0 Å². The molecular formula is C16H17BrClNO. The summed E-state index contributed by atoms with van der Waals surface area (Å²) >= 11 is 9.77. The monoisotopic (exact) mass is 353 g/mol. The summed E-state index contributed by atoms with van der Waals surface area (Å²) in [5.74, 6) is 1.54. The molecule has 2 aromatic carbocycles. The van der Waals surface area contributed by atoms with Gasteiger partial charge in [-0.2, -0.15) is 0 Å². The quantitative estimate of drug-likeness (QED) is 0.837. The summed E-state index contributed by atoms with van der Waals surface area (Å²) in [6, 6.07) is 9.71. The van der Waals surface area contributed by atoms with Crippen molar-refractivity contribution in [1.82, 2.24) is 0 Å². The molecule has 0 fully saturated rings. The van der Waals surface area contributed by atoms with Crippen molar-refractivity contribution in [2.24, 2.45) is 5.73 Å². The Labute approximate surface area is 133 Å². The van der Waals surface area contributed by atoms with Crippen LogP contribution in [0.4, 0.5) is 0 Å². The first-order valence-corrected chi connectivity index (χ1v) is 7.61. The van der Waals surface area contributed by atoms with Crippen LogP contribution in [0.3, 0.4) is 0 Å². The van der Waals surface area contributed by atoms with Crippen molar-refractivity contribution < 1.29 is 4.74 Å². The number of rotatable bonds is 4. The first kappa shape index (κ1) is 15.4. The van der Waals surface area contributed by atoms with Gasteiger partial charge in [0.1, 0.15) is 11.5 Å². The third kappa shape index (κ3) is 3.54. The van der Waals surface area contributed by atoms with Crippen molar-refractivity contribution in [2.75, 3.05) is 6.54 Å². The number of halogens is 2. The second-order valence-corrected chi connectivity index (χ2v) is 5.97. The van der Waals surface area contributed by atoms with Crippen molar-refractivity contribution in [3.8, 4) is 11.5 Å². The van der Waals surface area contributed by atoms with Gasteiger partial charge in [0.25, 0.3) is 0 Å². The lowest BCUT2D eigenvalue weighted by Crippen LogP contribution is -2.03. The summed E-state index contributed by atoms with van der Waals surface area (Å²) in [5, 5.41) is 0.693. The zero-order valence-corrected chi connectivity index (χ0v) is 13.9. The minimum atomic E-state index is 0.588. The molecule has 0 bridgehead atoms. The van der Waals surface area contributed by atoms with Gasteiger partial charge in [-0.25, -0.2) is 0 Å². The highest BCUT2D eigenvalue weighted by molar-refractivity contribution is 9.10. The van der Waals surface area contributed by atoms with E-state index in [4.69, 9.17) is 22.1 Å². The van der Waals surface area contributed by atoms with Gasteiger partial charge in [-0.3, -0.25) is 0 Å². The predicted molar refractivity (Wildman–Crippen MR) is 87.9 cm³/mol. The maximum absolute atomic E-state index is 6.22. The van der Waals surface area contributed by atoms with E-state index in [0.717, 1.165) is 39.1 Å². The lowest BCUT2D eigenvalue weighted by Gasteiger charge is -2.11. The molecule has 0 aromatic heterocycles. The fourth-order valence-corrected chi connectivity index (χ4v) is 2.54. The zero-order valence-electron chi connectivity index (χ0n) is 11.5. The third-order valence-electron chi connectivity index (χ3n) is 3.08. The molecule has 0 aliphatic carbocycles. The average Bonchev–Trinajstić information content (AvgIpc) is 2.39. The maximum Gasteiger partial charge on any atom is 0.128 e. The summed E-state index contributed by atoms with van der Waals surface area (Å²) in [6.07, 6.45) is 0.773. The second kappa shape index (κ2) is 6.61. The Hall–Kier alpha value is -1.03. The van der Waals surface area contributed by atoms with Gasteiger partial charge in [-0.15, -0.1) is 0 Å². The predicted octanol–water partition coefficient (Wildman–Crippen LogP) is 5.01. The molecular weight excluding hydrogens is 338 g/mol. The van der Waals surface area contributed by atoms with E-state index in [9.17, 15) is 0 Å². The highest BCUT2D eigenvalue weighted by Gasteiger charge is 2.06. The van der Waals surface area contributed by atoms with Gasteiger partial charge in [0, 0.05) is 9.50 Å². The van der Waals surface area contributed by atoms with E-state index in [2.05, 4.69) is 15.9 Å². The topological polar surface area (TPSA) is 35.2 Å². The zero-order chi connectivity index (χ0) is 14.7. The molecule has 0 spiro atoms. The fraction of sp³-hybridized carbons (Fsp3) is 0.250. The van der Waals surface area contributed by atoms with E-state index < -0.39 is 0 Å². The number of aryl methyl sites for hydroxylation is 2. The highest BCUT2D eigenvalue weighted by atomic mass is 79.9. The SMILES string of the molecule is Cc1cc(Oc2ccc(CCN)c(Cl)c2)cc(C)c1Br. The highest BCUT2D eigenvalue weighted by Crippen LogP contribution is 2.31. The van der Waals surface area contributed by atoms with Gasteiger partial charge in [-0.05, 0) is 67.8 Å². The third-order valence-corrected chi connectivity index (χ3v) is 4.69. The molecule has 0 aliphatic rings. The number of hydrogen-bond acceptors (Lipinski definition) is 2. The largest absolute Gasteiger partial charge is 0.457 e. The minimum Gasteiger partial charge on any atom is -0.457 e. The van der Waals surface area contributed by atoms with Gasteiger partial charge in [0.2, 0.25) is 0 Å². The Balaban J connectivity index is 2.24. The van der Waals surface area contributed by atoms with Crippen LogP contribution in [-0.4, -0.2) is 6.54 Å². The molecule has 2 rings (SSSR count). The molecule has 0 unspecified atom stereocenters. The maximum atomic E-state index is 6.22. The summed E-state index contributed by atoms with van der Waals surface area (Å²) in [7, 11) is 0. The fourth-order valence-electron chi connectivity index (χ4n) is 2.05. The number of benzene rings is 2. The lowest BCUT2D eigenvalue weighted by atomic mass is 10.1. The first-order chi connectivity index (χ1) is 9.51. The Morgan fingerprint density at radius 2 is 1.75 bits per heavy atom. The molecule has 0 atom stereocenters. The van der Waals surface area contributed by atoms with E-state index in [0.29, 0.717) is 11.6 Å². The van der Waals surface area contributed by atoms with Gasteiger partial charge >= 0.3 is 0 Å². The smallest absolute Gasteiger partial charge is 0.128 e. The van der Waals surface area contributed by atoms with Crippen LogP contribution >= 0.6 is 27.5 Å². The number of ether oxygens (including phenoxy) is 1. The summed E-state index contributed by atoms with van der Waals surface area (Å²) in [4.78, 5) is 0. The minimum absolute atomic E-state index is 0.588. The van der Waals surface area contributed by atoms with Gasteiger partial charge < -0.3 is 10.5 Å². The molecule has 20 heavy (non-hydrogen) atoms. The molecule has 2 aromatic rings. The van der Waals surface area contributed by atoms with Crippen LogP contribution < -0.4 is 10.5 Å². The molecule has 0 radical (unpaired) electrons. The Morgan fingerprint density at radius 3 is 2.30 bits per heavy atom. The van der Waals surface area contributed by atoms with Crippen molar-refractivity contribution in [3.63, 3.8) is 0 Å². The molecule has 2 nitrogen and oxygen atoms in total. The van der Waals surface area contributed by atoms with Crippen molar-refractivity contribution in [2.45, 2.75) is 20.3 Å². The molecule has 0 saturated heterocycles. The van der Waals surface area contributed by atoms with E-state index in [1.807, 2.05) is 44.2 Å². The van der Waals surface area contributed by atoms with E-state index in [1.54, 1.807) is 0 Å². The summed E-state index contributed by atoms with van der Waals surface area (Å²) in [5.41, 5.74) is 8.88. The Morgan fingerprint density at radius 1 is 1.10 bits per heavy atom. The van der Waals surface area contributed by atoms with Gasteiger partial charge in [0.05, 0.1) is 0 Å². The van der Waals surface area contributed by atoms with Crippen LogP contribution in [0.2, 0.25) is 5.02 Å². The van der Waals surface area contributed by atoms with Crippen LogP contribution in [0, 0.1) is 13.8 Å². The van der Waals surface area contributed by atoms with Crippen molar-refractivity contribution in [3.05, 3.63) is 56.5 Å². The standard InChI is InChI=1S/C16H17BrClNO/c1-10-7-14(8-11(2)16(10)17)20-13-4-3-12(5-6-19)15(18)9-13/h3-4,7-9H,5-6,19H2,1-2H3. The summed E-state index contributed by atoms with van der Waals surface area (Å²) < 4.78 is 6.98. The number of hydrogen-bond donors (Lipinski definition) is 1. The average molecular weight is 355 g/mol. The summed E-state index contributed by atoms with van der Waals surface area (Å²) in [6.45, 7) is 4.67. The Bertz CT molecular complexity index is 605. The molecule has 4 heteroatoms. The van der Waals surface area contributed by atoms with Crippen molar-refractivity contribution in [1.29, 1.82) is 0 Å². The second-order valence-electron chi connectivity index (χ2n) is 4.77. The van der Waals surface area contributed by atoms with E-state index in [-0.39, 0.29) is 0 Å². The molecule has 0 aliphatic heterocycles. The van der Waals surface area contributed by atoms with Crippen LogP contribution in [0.25, 0.3) is 0 Å². The lowest BCUT2D eigenvalue weighted by molar-refractivity contribution is 0.481. The van der Waals surface area contributed by atoms with E-state index >= 15 is 0 Å². The first-order valence-electron chi connectivity index (χ1n) is 6.44. The Kier molecular flexibility index (Phi) is 5.08. The van der Waals surface area contributed by atoms with Crippen LogP contribution in [0.15, 0.2) is 34.8 Å². The molecule has 0 heterocycles. The molecule has 2 N–H and O–H groups in total. The molecule has 0 amide bonds. The van der Waals surface area contributed by atoms with Crippen LogP contribution in [0.1, 0.15) is 16.7 Å². The van der Waals surface area contributed by atoms with Crippen molar-refractivity contribution >= 4 is 27.5 Å². The molecule has 106 valence electrons. The normalized spacial score (nSPS) is 10.7. The van der Waals surface area contributed by atoms with Crippen LogP contribution in [-0.2, 0) is 6.42 Å². The molecule has 0 saturated carbocycles. The number of nitrogens with two attached hydrogens (primary N) is 1. The van der Waals surface area contributed by atoms with Gasteiger partial charge in [-0.1, -0.05) is 33.6 Å². The van der Waals surface area contributed by atoms with Gasteiger partial charge in [0.15, 0.2) is 0 Å². The van der Waals surface area contributed by atoms with Crippen LogP contribution in [0.5, 0.6) is 11.5 Å².